The van der Waals surface area contributed by atoms with E-state index in [4.69, 9.17) is 11.5 Å². The molecule has 2 rings (SSSR count). The van der Waals surface area contributed by atoms with Gasteiger partial charge in [0, 0.05) is 23.2 Å². The normalized spacial score (nSPS) is 19.9. The average Bonchev–Trinajstić information content (AvgIpc) is 2.30. The first-order chi connectivity index (χ1) is 8.16. The molecule has 0 saturated carbocycles. The molecule has 0 aliphatic carbocycles. The number of anilines is 2. The van der Waals surface area contributed by atoms with Crippen molar-refractivity contribution in [2.24, 2.45) is 5.73 Å². The van der Waals surface area contributed by atoms with Gasteiger partial charge < -0.3 is 16.8 Å². The fourth-order valence-corrected chi connectivity index (χ4v) is 3.04. The molecule has 0 radical (unpaired) electrons. The van der Waals surface area contributed by atoms with Crippen molar-refractivity contribution < 1.29 is 4.79 Å². The summed E-state index contributed by atoms with van der Waals surface area (Å²) in [6.45, 7) is 0. The zero-order chi connectivity index (χ0) is 12.3. The van der Waals surface area contributed by atoms with E-state index in [9.17, 15) is 4.79 Å². The highest BCUT2D eigenvalue weighted by Crippen LogP contribution is 2.24. The van der Waals surface area contributed by atoms with Gasteiger partial charge in [-0.25, -0.2) is 0 Å². The number of amides is 1. The second-order valence-electron chi connectivity index (χ2n) is 4.23. The molecule has 1 unspecified atom stereocenters. The van der Waals surface area contributed by atoms with Gasteiger partial charge in [0.1, 0.15) is 0 Å². The molecule has 1 atom stereocenters. The predicted molar refractivity (Wildman–Crippen MR) is 73.3 cm³/mol. The van der Waals surface area contributed by atoms with Crippen LogP contribution in [0.5, 0.6) is 0 Å². The van der Waals surface area contributed by atoms with Gasteiger partial charge >= 0.3 is 0 Å². The maximum absolute atomic E-state index is 11.3. The van der Waals surface area contributed by atoms with Crippen LogP contribution in [0.1, 0.15) is 23.2 Å². The number of hydrogen-bond acceptors (Lipinski definition) is 4. The van der Waals surface area contributed by atoms with Gasteiger partial charge in [0.2, 0.25) is 0 Å². The quantitative estimate of drug-likeness (QED) is 0.714. The van der Waals surface area contributed by atoms with Crippen molar-refractivity contribution in [3.05, 3.63) is 23.8 Å². The second-order valence-corrected chi connectivity index (χ2v) is 5.38. The third-order valence-corrected chi connectivity index (χ3v) is 4.04. The Morgan fingerprint density at radius 2 is 2.29 bits per heavy atom. The SMILES string of the molecule is NC(=O)c1ccc(N)cc1NC1CCCSC1. The maximum atomic E-state index is 11.3. The van der Waals surface area contributed by atoms with Gasteiger partial charge in [-0.3, -0.25) is 4.79 Å². The van der Waals surface area contributed by atoms with Gasteiger partial charge in [-0.15, -0.1) is 0 Å². The van der Waals surface area contributed by atoms with Gasteiger partial charge in [0.15, 0.2) is 0 Å². The van der Waals surface area contributed by atoms with Crippen molar-refractivity contribution in [1.82, 2.24) is 0 Å². The largest absolute Gasteiger partial charge is 0.399 e. The molecule has 1 aliphatic heterocycles. The molecule has 17 heavy (non-hydrogen) atoms. The fraction of sp³-hybridized carbons (Fsp3) is 0.417. The number of benzene rings is 1. The zero-order valence-corrected chi connectivity index (χ0v) is 10.4. The molecule has 1 fully saturated rings. The van der Waals surface area contributed by atoms with Gasteiger partial charge in [0.05, 0.1) is 5.56 Å². The molecule has 1 heterocycles. The lowest BCUT2D eigenvalue weighted by atomic mass is 10.1. The monoisotopic (exact) mass is 251 g/mol. The summed E-state index contributed by atoms with van der Waals surface area (Å²) in [5.41, 5.74) is 13.0. The lowest BCUT2D eigenvalue weighted by Crippen LogP contribution is -2.27. The minimum atomic E-state index is -0.420. The lowest BCUT2D eigenvalue weighted by molar-refractivity contribution is 0.100. The van der Waals surface area contributed by atoms with Gasteiger partial charge in [-0.05, 0) is 36.8 Å². The number of nitrogen functional groups attached to an aromatic ring is 1. The molecule has 1 aliphatic rings. The Hall–Kier alpha value is -1.36. The summed E-state index contributed by atoms with van der Waals surface area (Å²) in [7, 11) is 0. The number of nitrogens with one attached hydrogen (secondary N) is 1. The van der Waals surface area contributed by atoms with Gasteiger partial charge in [-0.2, -0.15) is 11.8 Å². The van der Waals surface area contributed by atoms with E-state index in [-0.39, 0.29) is 0 Å². The van der Waals surface area contributed by atoms with Crippen LogP contribution in [-0.2, 0) is 0 Å². The molecule has 1 amide bonds. The van der Waals surface area contributed by atoms with Crippen LogP contribution < -0.4 is 16.8 Å². The topological polar surface area (TPSA) is 81.1 Å². The van der Waals surface area contributed by atoms with Crippen molar-refractivity contribution in [3.63, 3.8) is 0 Å². The summed E-state index contributed by atoms with van der Waals surface area (Å²) >= 11 is 1.93. The minimum absolute atomic E-state index is 0.397. The Morgan fingerprint density at radius 1 is 1.47 bits per heavy atom. The molecule has 0 bridgehead atoms. The Bertz CT molecular complexity index is 416. The van der Waals surface area contributed by atoms with Gasteiger partial charge in [-0.1, -0.05) is 0 Å². The minimum Gasteiger partial charge on any atom is -0.399 e. The molecule has 92 valence electrons. The fourth-order valence-electron chi connectivity index (χ4n) is 1.97. The number of nitrogens with two attached hydrogens (primary N) is 2. The summed E-state index contributed by atoms with van der Waals surface area (Å²) < 4.78 is 0. The average molecular weight is 251 g/mol. The molecule has 4 nitrogen and oxygen atoms in total. The van der Waals surface area contributed by atoms with E-state index >= 15 is 0 Å². The van der Waals surface area contributed by atoms with E-state index in [2.05, 4.69) is 5.32 Å². The standard InChI is InChI=1S/C12H17N3OS/c13-8-3-4-10(12(14)16)11(6-8)15-9-2-1-5-17-7-9/h3-4,6,9,15H,1-2,5,7,13H2,(H2,14,16). The molecular formula is C12H17N3OS. The highest BCUT2D eigenvalue weighted by Gasteiger charge is 2.16. The molecule has 5 heteroatoms. The summed E-state index contributed by atoms with van der Waals surface area (Å²) in [6, 6.07) is 5.55. The van der Waals surface area contributed by atoms with Crippen LogP contribution in [0, 0.1) is 0 Å². The Labute approximate surface area is 105 Å². The van der Waals surface area contributed by atoms with E-state index in [0.717, 1.165) is 17.9 Å². The molecule has 0 aromatic heterocycles. The first kappa shape index (κ1) is 12.1. The number of primary amides is 1. The van der Waals surface area contributed by atoms with E-state index in [0.29, 0.717) is 17.3 Å². The van der Waals surface area contributed by atoms with Crippen LogP contribution >= 0.6 is 11.8 Å². The number of carbonyl (C=O) groups excluding carboxylic acids is 1. The Morgan fingerprint density at radius 3 is 2.94 bits per heavy atom. The molecule has 1 saturated heterocycles. The van der Waals surface area contributed by atoms with Crippen LogP contribution in [0.25, 0.3) is 0 Å². The molecular weight excluding hydrogens is 234 g/mol. The van der Waals surface area contributed by atoms with Crippen molar-refractivity contribution in [2.75, 3.05) is 22.6 Å². The van der Waals surface area contributed by atoms with Crippen LogP contribution in [0.15, 0.2) is 18.2 Å². The first-order valence-corrected chi connectivity index (χ1v) is 6.86. The highest BCUT2D eigenvalue weighted by atomic mass is 32.2. The van der Waals surface area contributed by atoms with Crippen molar-refractivity contribution in [1.29, 1.82) is 0 Å². The van der Waals surface area contributed by atoms with E-state index < -0.39 is 5.91 Å². The van der Waals surface area contributed by atoms with E-state index in [1.165, 1.54) is 12.2 Å². The van der Waals surface area contributed by atoms with E-state index in [1.54, 1.807) is 18.2 Å². The zero-order valence-electron chi connectivity index (χ0n) is 9.61. The number of rotatable bonds is 3. The van der Waals surface area contributed by atoms with Gasteiger partial charge in [0.25, 0.3) is 5.91 Å². The summed E-state index contributed by atoms with van der Waals surface area (Å²) in [5.74, 6) is 1.86. The van der Waals surface area contributed by atoms with Crippen molar-refractivity contribution in [2.45, 2.75) is 18.9 Å². The number of hydrogen-bond donors (Lipinski definition) is 3. The summed E-state index contributed by atoms with van der Waals surface area (Å²) in [4.78, 5) is 11.3. The predicted octanol–water partition coefficient (Wildman–Crippen LogP) is 1.68. The van der Waals surface area contributed by atoms with Crippen molar-refractivity contribution in [3.8, 4) is 0 Å². The number of carbonyl (C=O) groups is 1. The summed E-state index contributed by atoms with van der Waals surface area (Å²) in [6.07, 6.45) is 2.33. The Balaban J connectivity index is 2.17. The van der Waals surface area contributed by atoms with Crippen LogP contribution in [0.3, 0.4) is 0 Å². The molecule has 0 spiro atoms. The van der Waals surface area contributed by atoms with Crippen LogP contribution in [0.4, 0.5) is 11.4 Å². The summed E-state index contributed by atoms with van der Waals surface area (Å²) in [5, 5.41) is 3.37. The Kier molecular flexibility index (Phi) is 3.78. The maximum Gasteiger partial charge on any atom is 0.250 e. The third kappa shape index (κ3) is 3.06. The molecule has 5 N–H and O–H groups in total. The molecule has 1 aromatic carbocycles. The van der Waals surface area contributed by atoms with Crippen LogP contribution in [-0.4, -0.2) is 23.5 Å². The lowest BCUT2D eigenvalue weighted by Gasteiger charge is -2.24. The van der Waals surface area contributed by atoms with Crippen LogP contribution in [0.2, 0.25) is 0 Å². The smallest absolute Gasteiger partial charge is 0.250 e. The second kappa shape index (κ2) is 5.31. The van der Waals surface area contributed by atoms with Crippen molar-refractivity contribution >= 4 is 29.0 Å². The highest BCUT2D eigenvalue weighted by molar-refractivity contribution is 7.99. The van der Waals surface area contributed by atoms with E-state index in [1.807, 2.05) is 11.8 Å². The first-order valence-electron chi connectivity index (χ1n) is 5.70. The third-order valence-electron chi connectivity index (χ3n) is 2.83. The molecule has 1 aromatic rings. The number of thioether (sulfide) groups is 1.